The fourth-order valence-corrected chi connectivity index (χ4v) is 3.56. The molecule has 0 amide bonds. The number of carbonyl (C=O) groups is 1. The standard InChI is InChI=1S/C18H13Br2NO4/c1-10-2-3-11-6-12(4-5-16(11)21-10)25-18-14(19)7-13(8-15(18)20)24-9-17(22)23/h2-8H,9H2,1H3,(H,22,23). The van der Waals surface area contributed by atoms with Crippen molar-refractivity contribution in [2.45, 2.75) is 6.92 Å². The van der Waals surface area contributed by atoms with Gasteiger partial charge in [-0.1, -0.05) is 6.07 Å². The van der Waals surface area contributed by atoms with E-state index < -0.39 is 12.6 Å². The number of aryl methyl sites for hydroxylation is 1. The van der Waals surface area contributed by atoms with Crippen molar-refractivity contribution in [3.63, 3.8) is 0 Å². The molecule has 1 heterocycles. The molecule has 0 fully saturated rings. The molecule has 2 aromatic carbocycles. The highest BCUT2D eigenvalue weighted by atomic mass is 79.9. The summed E-state index contributed by atoms with van der Waals surface area (Å²) >= 11 is 6.85. The zero-order valence-corrected chi connectivity index (χ0v) is 16.3. The summed E-state index contributed by atoms with van der Waals surface area (Å²) in [4.78, 5) is 15.1. The minimum atomic E-state index is -1.03. The second-order valence-electron chi connectivity index (χ2n) is 5.31. The fraction of sp³-hybridized carbons (Fsp3) is 0.111. The van der Waals surface area contributed by atoms with E-state index in [0.29, 0.717) is 26.2 Å². The summed E-state index contributed by atoms with van der Waals surface area (Å²) in [6, 6.07) is 12.9. The van der Waals surface area contributed by atoms with E-state index in [9.17, 15) is 4.79 Å². The van der Waals surface area contributed by atoms with Gasteiger partial charge in [-0.2, -0.15) is 0 Å². The molecule has 0 bridgehead atoms. The van der Waals surface area contributed by atoms with Crippen LogP contribution in [0.4, 0.5) is 0 Å². The lowest BCUT2D eigenvalue weighted by Gasteiger charge is -2.13. The topological polar surface area (TPSA) is 68.7 Å². The number of carboxylic acid groups (broad SMARTS) is 1. The monoisotopic (exact) mass is 465 g/mol. The number of aliphatic carboxylic acids is 1. The number of rotatable bonds is 5. The third-order valence-corrected chi connectivity index (χ3v) is 4.53. The van der Waals surface area contributed by atoms with E-state index in [4.69, 9.17) is 14.6 Å². The fourth-order valence-electron chi connectivity index (χ4n) is 2.25. The van der Waals surface area contributed by atoms with Crippen LogP contribution >= 0.6 is 31.9 Å². The maximum atomic E-state index is 10.6. The van der Waals surface area contributed by atoms with Crippen LogP contribution in [0.2, 0.25) is 0 Å². The Hall–Kier alpha value is -2.12. The Bertz CT molecular complexity index is 936. The predicted molar refractivity (Wildman–Crippen MR) is 102 cm³/mol. The molecule has 5 nitrogen and oxygen atoms in total. The first-order valence-corrected chi connectivity index (χ1v) is 8.90. The van der Waals surface area contributed by atoms with E-state index >= 15 is 0 Å². The van der Waals surface area contributed by atoms with E-state index in [1.54, 1.807) is 12.1 Å². The molecule has 0 saturated carbocycles. The minimum absolute atomic E-state index is 0.407. The van der Waals surface area contributed by atoms with Crippen LogP contribution in [0.3, 0.4) is 0 Å². The van der Waals surface area contributed by atoms with Gasteiger partial charge in [0.2, 0.25) is 0 Å². The Morgan fingerprint density at radius 1 is 1.08 bits per heavy atom. The van der Waals surface area contributed by atoms with Crippen molar-refractivity contribution in [2.75, 3.05) is 6.61 Å². The average Bonchev–Trinajstić information content (AvgIpc) is 2.56. The molecule has 3 rings (SSSR count). The van der Waals surface area contributed by atoms with Gasteiger partial charge >= 0.3 is 5.97 Å². The lowest BCUT2D eigenvalue weighted by atomic mass is 10.2. The SMILES string of the molecule is Cc1ccc2cc(Oc3c(Br)cc(OCC(=O)O)cc3Br)ccc2n1. The predicted octanol–water partition coefficient (Wildman–Crippen LogP) is 5.32. The number of aromatic nitrogens is 1. The molecule has 0 spiro atoms. The van der Waals surface area contributed by atoms with E-state index in [0.717, 1.165) is 16.6 Å². The van der Waals surface area contributed by atoms with E-state index in [2.05, 4.69) is 36.8 Å². The summed E-state index contributed by atoms with van der Waals surface area (Å²) < 4.78 is 12.4. The van der Waals surface area contributed by atoms with Crippen molar-refractivity contribution in [3.8, 4) is 17.2 Å². The van der Waals surface area contributed by atoms with Crippen molar-refractivity contribution in [2.24, 2.45) is 0 Å². The zero-order valence-electron chi connectivity index (χ0n) is 13.1. The molecule has 3 aromatic rings. The van der Waals surface area contributed by atoms with Crippen LogP contribution in [0.15, 0.2) is 51.4 Å². The highest BCUT2D eigenvalue weighted by molar-refractivity contribution is 9.11. The number of ether oxygens (including phenoxy) is 2. The van der Waals surface area contributed by atoms with Crippen LogP contribution in [0.25, 0.3) is 10.9 Å². The molecular formula is C18H13Br2NO4. The number of halogens is 2. The van der Waals surface area contributed by atoms with Gasteiger partial charge in [0.1, 0.15) is 11.5 Å². The summed E-state index contributed by atoms with van der Waals surface area (Å²) in [7, 11) is 0. The Kier molecular flexibility index (Phi) is 5.24. The van der Waals surface area contributed by atoms with Crippen LogP contribution in [-0.4, -0.2) is 22.7 Å². The first kappa shape index (κ1) is 17.7. The number of carboxylic acids is 1. The van der Waals surface area contributed by atoms with Gasteiger partial charge in [-0.05, 0) is 75.2 Å². The van der Waals surface area contributed by atoms with E-state index in [-0.39, 0.29) is 0 Å². The van der Waals surface area contributed by atoms with Crippen molar-refractivity contribution >= 4 is 48.7 Å². The molecule has 7 heteroatoms. The highest BCUT2D eigenvalue weighted by Gasteiger charge is 2.12. The van der Waals surface area contributed by atoms with Crippen molar-refractivity contribution in [1.82, 2.24) is 4.98 Å². The summed E-state index contributed by atoms with van der Waals surface area (Å²) in [5, 5.41) is 9.67. The molecule has 0 radical (unpaired) electrons. The molecule has 0 aliphatic carbocycles. The first-order valence-electron chi connectivity index (χ1n) is 7.31. The van der Waals surface area contributed by atoms with Gasteiger partial charge in [-0.25, -0.2) is 4.79 Å². The Morgan fingerprint density at radius 3 is 2.48 bits per heavy atom. The molecule has 0 atom stereocenters. The smallest absolute Gasteiger partial charge is 0.341 e. The summed E-state index contributed by atoms with van der Waals surface area (Å²) in [5.41, 5.74) is 1.87. The number of nitrogens with zero attached hydrogens (tertiary/aromatic N) is 1. The van der Waals surface area contributed by atoms with Crippen LogP contribution in [-0.2, 0) is 4.79 Å². The zero-order chi connectivity index (χ0) is 18.0. The second-order valence-corrected chi connectivity index (χ2v) is 7.02. The molecule has 0 aliphatic heterocycles. The van der Waals surface area contributed by atoms with Gasteiger partial charge in [-0.15, -0.1) is 0 Å². The van der Waals surface area contributed by atoms with Crippen LogP contribution in [0, 0.1) is 6.92 Å². The van der Waals surface area contributed by atoms with E-state index in [1.165, 1.54) is 0 Å². The summed E-state index contributed by atoms with van der Waals surface area (Å²) in [6.07, 6.45) is 0. The summed E-state index contributed by atoms with van der Waals surface area (Å²) in [6.45, 7) is 1.54. The summed E-state index contributed by atoms with van der Waals surface area (Å²) in [5.74, 6) is 0.625. The molecule has 0 saturated heterocycles. The third-order valence-electron chi connectivity index (χ3n) is 3.35. The maximum Gasteiger partial charge on any atom is 0.341 e. The third kappa shape index (κ3) is 4.29. The Morgan fingerprint density at radius 2 is 1.80 bits per heavy atom. The Balaban J connectivity index is 1.87. The number of benzene rings is 2. The van der Waals surface area contributed by atoms with Gasteiger partial charge in [0.25, 0.3) is 0 Å². The molecule has 128 valence electrons. The van der Waals surface area contributed by atoms with Gasteiger partial charge in [0.05, 0.1) is 14.5 Å². The highest BCUT2D eigenvalue weighted by Crippen LogP contribution is 2.40. The minimum Gasteiger partial charge on any atom is -0.482 e. The van der Waals surface area contributed by atoms with Gasteiger partial charge < -0.3 is 14.6 Å². The van der Waals surface area contributed by atoms with Crippen molar-refractivity contribution in [1.29, 1.82) is 0 Å². The lowest BCUT2D eigenvalue weighted by molar-refractivity contribution is -0.139. The molecule has 1 N–H and O–H groups in total. The van der Waals surface area contributed by atoms with Crippen LogP contribution in [0.1, 0.15) is 5.69 Å². The second kappa shape index (κ2) is 7.41. The first-order chi connectivity index (χ1) is 11.9. The molecular weight excluding hydrogens is 454 g/mol. The molecule has 1 aromatic heterocycles. The quantitative estimate of drug-likeness (QED) is 0.550. The van der Waals surface area contributed by atoms with Gasteiger partial charge in [0, 0.05) is 11.1 Å². The lowest BCUT2D eigenvalue weighted by Crippen LogP contribution is -2.09. The number of hydrogen-bond acceptors (Lipinski definition) is 4. The Labute approximate surface area is 160 Å². The van der Waals surface area contributed by atoms with Crippen molar-refractivity contribution < 1.29 is 19.4 Å². The van der Waals surface area contributed by atoms with E-state index in [1.807, 2.05) is 37.3 Å². The molecule has 0 unspecified atom stereocenters. The average molecular weight is 467 g/mol. The van der Waals surface area contributed by atoms with Gasteiger partial charge in [-0.3, -0.25) is 4.98 Å². The maximum absolute atomic E-state index is 10.6. The number of pyridine rings is 1. The normalized spacial score (nSPS) is 10.7. The number of hydrogen-bond donors (Lipinski definition) is 1. The van der Waals surface area contributed by atoms with Crippen LogP contribution < -0.4 is 9.47 Å². The number of fused-ring (bicyclic) bond motifs is 1. The van der Waals surface area contributed by atoms with Gasteiger partial charge in [0.15, 0.2) is 12.4 Å². The van der Waals surface area contributed by atoms with Crippen LogP contribution in [0.5, 0.6) is 17.2 Å². The molecule has 0 aliphatic rings. The van der Waals surface area contributed by atoms with Crippen molar-refractivity contribution in [3.05, 3.63) is 57.1 Å². The molecule has 25 heavy (non-hydrogen) atoms. The largest absolute Gasteiger partial charge is 0.482 e.